The Balaban J connectivity index is 1.59. The quantitative estimate of drug-likeness (QED) is 0.766. The topological polar surface area (TPSA) is 55.9 Å². The van der Waals surface area contributed by atoms with E-state index in [1.807, 2.05) is 30.0 Å². The van der Waals surface area contributed by atoms with E-state index >= 15 is 0 Å². The summed E-state index contributed by atoms with van der Waals surface area (Å²) in [4.78, 5) is 30.8. The number of nitrogens with one attached hydrogen (secondary N) is 1. The number of carbonyl (C=O) groups excluding carboxylic acids is 2. The van der Waals surface area contributed by atoms with Crippen LogP contribution in [0.5, 0.6) is 0 Å². The van der Waals surface area contributed by atoms with Crippen LogP contribution in [0, 0.1) is 12.7 Å². The molecule has 1 aliphatic heterocycles. The first-order valence-electron chi connectivity index (χ1n) is 10.4. The zero-order valence-corrected chi connectivity index (χ0v) is 17.8. The van der Waals surface area contributed by atoms with Crippen LogP contribution in [-0.4, -0.2) is 56.0 Å². The van der Waals surface area contributed by atoms with E-state index in [4.69, 9.17) is 0 Å². The van der Waals surface area contributed by atoms with Crippen molar-refractivity contribution >= 4 is 28.9 Å². The third-order valence-electron chi connectivity index (χ3n) is 5.54. The van der Waals surface area contributed by atoms with Gasteiger partial charge in [0.15, 0.2) is 0 Å². The van der Waals surface area contributed by atoms with Crippen LogP contribution in [0.1, 0.15) is 19.4 Å². The van der Waals surface area contributed by atoms with Gasteiger partial charge in [-0.25, -0.2) is 4.39 Å². The third kappa shape index (κ3) is 4.72. The van der Waals surface area contributed by atoms with Crippen LogP contribution in [0.3, 0.4) is 0 Å². The minimum Gasteiger partial charge on any atom is -0.372 e. The molecule has 0 saturated carbocycles. The molecule has 7 heteroatoms. The molecule has 6 nitrogen and oxygen atoms in total. The molecule has 0 unspecified atom stereocenters. The fraction of sp³-hybridized carbons (Fsp3) is 0.391. The second-order valence-corrected chi connectivity index (χ2v) is 7.36. The number of halogens is 1. The van der Waals surface area contributed by atoms with Crippen molar-refractivity contribution < 1.29 is 14.0 Å². The smallest absolute Gasteiger partial charge is 0.313 e. The minimum atomic E-state index is -0.645. The third-order valence-corrected chi connectivity index (χ3v) is 5.54. The number of rotatable bonds is 5. The van der Waals surface area contributed by atoms with Crippen molar-refractivity contribution in [1.82, 2.24) is 4.90 Å². The Labute approximate surface area is 177 Å². The number of carbonyl (C=O) groups is 2. The Morgan fingerprint density at radius 2 is 1.70 bits per heavy atom. The van der Waals surface area contributed by atoms with Crippen molar-refractivity contribution in [3.8, 4) is 0 Å². The Hall–Kier alpha value is -3.09. The lowest BCUT2D eigenvalue weighted by atomic mass is 10.1. The van der Waals surface area contributed by atoms with Gasteiger partial charge in [-0.3, -0.25) is 9.59 Å². The summed E-state index contributed by atoms with van der Waals surface area (Å²) in [5.74, 6) is -1.48. The molecule has 30 heavy (non-hydrogen) atoms. The number of hydrogen-bond donors (Lipinski definition) is 1. The molecule has 0 bridgehead atoms. The molecule has 1 aliphatic rings. The van der Waals surface area contributed by atoms with E-state index in [9.17, 15) is 14.0 Å². The van der Waals surface area contributed by atoms with Crippen molar-refractivity contribution in [2.75, 3.05) is 54.4 Å². The van der Waals surface area contributed by atoms with Crippen LogP contribution >= 0.6 is 0 Å². The van der Waals surface area contributed by atoms with Crippen LogP contribution < -0.4 is 15.1 Å². The minimum absolute atomic E-state index is 0.279. The summed E-state index contributed by atoms with van der Waals surface area (Å²) in [6.45, 7) is 9.63. The molecule has 1 N–H and O–H groups in total. The molecule has 2 aromatic rings. The number of hydrogen-bond acceptors (Lipinski definition) is 4. The number of benzene rings is 2. The highest BCUT2D eigenvalue weighted by Crippen LogP contribution is 2.23. The number of amides is 2. The lowest BCUT2D eigenvalue weighted by Gasteiger charge is -2.35. The van der Waals surface area contributed by atoms with Crippen LogP contribution in [0.2, 0.25) is 0 Å². The predicted octanol–water partition coefficient (Wildman–Crippen LogP) is 3.27. The first-order chi connectivity index (χ1) is 14.4. The van der Waals surface area contributed by atoms with Crippen molar-refractivity contribution in [2.45, 2.75) is 20.8 Å². The van der Waals surface area contributed by atoms with Gasteiger partial charge in [-0.05, 0) is 56.7 Å². The molecular formula is C23H29FN4O2. The SMILES string of the molecule is CCN(CC)c1ccc(NC(=O)C(=O)N2CCN(c3ccccc3F)CC2)c(C)c1. The van der Waals surface area contributed by atoms with Crippen LogP contribution in [0.25, 0.3) is 0 Å². The lowest BCUT2D eigenvalue weighted by molar-refractivity contribution is -0.143. The molecule has 160 valence electrons. The molecule has 0 atom stereocenters. The molecule has 1 saturated heterocycles. The van der Waals surface area contributed by atoms with E-state index < -0.39 is 11.8 Å². The molecule has 0 aliphatic carbocycles. The van der Waals surface area contributed by atoms with Gasteiger partial charge in [0, 0.05) is 50.6 Å². The van der Waals surface area contributed by atoms with Crippen LogP contribution in [-0.2, 0) is 9.59 Å². The normalized spacial score (nSPS) is 13.9. The summed E-state index contributed by atoms with van der Waals surface area (Å²) < 4.78 is 14.0. The number of para-hydroxylation sites is 1. The summed E-state index contributed by atoms with van der Waals surface area (Å²) >= 11 is 0. The standard InChI is InChI=1S/C23H29FN4O2/c1-4-26(5-2)18-10-11-20(17(3)16-18)25-22(29)23(30)28-14-12-27(13-15-28)21-9-7-6-8-19(21)24/h6-11,16H,4-5,12-15H2,1-3H3,(H,25,29). The predicted molar refractivity (Wildman–Crippen MR) is 119 cm³/mol. The van der Waals surface area contributed by atoms with Gasteiger partial charge in [0.2, 0.25) is 0 Å². The second kappa shape index (κ2) is 9.61. The van der Waals surface area contributed by atoms with E-state index in [0.717, 1.165) is 24.3 Å². The van der Waals surface area contributed by atoms with Crippen molar-refractivity contribution in [3.05, 3.63) is 53.8 Å². The zero-order valence-electron chi connectivity index (χ0n) is 17.8. The van der Waals surface area contributed by atoms with E-state index in [0.29, 0.717) is 37.6 Å². The highest BCUT2D eigenvalue weighted by molar-refractivity contribution is 6.39. The second-order valence-electron chi connectivity index (χ2n) is 7.36. The highest BCUT2D eigenvalue weighted by atomic mass is 19.1. The number of piperazine rings is 1. The summed E-state index contributed by atoms with van der Waals surface area (Å²) in [6, 6.07) is 12.4. The Morgan fingerprint density at radius 3 is 2.30 bits per heavy atom. The molecule has 0 spiro atoms. The van der Waals surface area contributed by atoms with Gasteiger partial charge in [-0.15, -0.1) is 0 Å². The van der Waals surface area contributed by atoms with Crippen LogP contribution in [0.15, 0.2) is 42.5 Å². The largest absolute Gasteiger partial charge is 0.372 e. The fourth-order valence-corrected chi connectivity index (χ4v) is 3.75. The number of nitrogens with zero attached hydrogens (tertiary/aromatic N) is 3. The Bertz CT molecular complexity index is 906. The molecule has 0 aromatic heterocycles. The maximum Gasteiger partial charge on any atom is 0.313 e. The van der Waals surface area contributed by atoms with Gasteiger partial charge in [0.05, 0.1) is 5.69 Å². The van der Waals surface area contributed by atoms with E-state index in [1.54, 1.807) is 18.2 Å². The van der Waals surface area contributed by atoms with Gasteiger partial charge in [-0.1, -0.05) is 12.1 Å². The van der Waals surface area contributed by atoms with Crippen molar-refractivity contribution in [1.29, 1.82) is 0 Å². The molecule has 1 heterocycles. The first-order valence-corrected chi connectivity index (χ1v) is 10.4. The Kier molecular flexibility index (Phi) is 6.92. The lowest BCUT2D eigenvalue weighted by Crippen LogP contribution is -2.51. The van der Waals surface area contributed by atoms with Crippen molar-refractivity contribution in [3.63, 3.8) is 0 Å². The highest BCUT2D eigenvalue weighted by Gasteiger charge is 2.27. The van der Waals surface area contributed by atoms with Gasteiger partial charge >= 0.3 is 11.8 Å². The molecule has 2 amide bonds. The summed E-state index contributed by atoms with van der Waals surface area (Å²) in [5, 5.41) is 2.74. The number of aryl methyl sites for hydroxylation is 1. The molecular weight excluding hydrogens is 383 g/mol. The van der Waals surface area contributed by atoms with Gasteiger partial charge in [-0.2, -0.15) is 0 Å². The average Bonchev–Trinajstić information content (AvgIpc) is 2.76. The van der Waals surface area contributed by atoms with Gasteiger partial charge in [0.1, 0.15) is 5.82 Å². The average molecular weight is 413 g/mol. The maximum absolute atomic E-state index is 14.0. The van der Waals surface area contributed by atoms with Gasteiger partial charge in [0.25, 0.3) is 0 Å². The van der Waals surface area contributed by atoms with E-state index in [2.05, 4.69) is 24.1 Å². The molecule has 3 rings (SSSR count). The Morgan fingerprint density at radius 1 is 1.03 bits per heavy atom. The van der Waals surface area contributed by atoms with Crippen molar-refractivity contribution in [2.24, 2.45) is 0 Å². The van der Waals surface area contributed by atoms with E-state index in [1.165, 1.54) is 11.0 Å². The van der Waals surface area contributed by atoms with E-state index in [-0.39, 0.29) is 5.82 Å². The summed E-state index contributed by atoms with van der Waals surface area (Å²) in [6.07, 6.45) is 0. The first kappa shape index (κ1) is 21.6. The number of anilines is 3. The monoisotopic (exact) mass is 412 g/mol. The zero-order chi connectivity index (χ0) is 21.7. The summed E-state index contributed by atoms with van der Waals surface area (Å²) in [7, 11) is 0. The molecule has 1 fully saturated rings. The summed E-state index contributed by atoms with van der Waals surface area (Å²) in [5.41, 5.74) is 3.16. The fourth-order valence-electron chi connectivity index (χ4n) is 3.75. The molecule has 0 radical (unpaired) electrons. The van der Waals surface area contributed by atoms with Gasteiger partial charge < -0.3 is 20.0 Å². The maximum atomic E-state index is 14.0. The van der Waals surface area contributed by atoms with Crippen LogP contribution in [0.4, 0.5) is 21.5 Å². The molecule has 2 aromatic carbocycles.